The molecular formula is C18H26N2O5. The van der Waals surface area contributed by atoms with Gasteiger partial charge in [-0.25, -0.2) is 4.79 Å². The minimum Gasteiger partial charge on any atom is -0.464 e. The van der Waals surface area contributed by atoms with Crippen molar-refractivity contribution >= 4 is 12.3 Å². The molecule has 2 heterocycles. The summed E-state index contributed by atoms with van der Waals surface area (Å²) in [6.45, 7) is 6.41. The minimum atomic E-state index is -0.738. The van der Waals surface area contributed by atoms with E-state index in [9.17, 15) is 14.4 Å². The van der Waals surface area contributed by atoms with Crippen molar-refractivity contribution in [3.8, 4) is 0 Å². The fourth-order valence-electron chi connectivity index (χ4n) is 2.80. The number of esters is 1. The molecule has 1 aromatic rings. The van der Waals surface area contributed by atoms with Gasteiger partial charge in [0.1, 0.15) is 6.04 Å². The van der Waals surface area contributed by atoms with Crippen molar-refractivity contribution in [3.63, 3.8) is 0 Å². The molecule has 0 radical (unpaired) electrons. The van der Waals surface area contributed by atoms with Crippen LogP contribution in [-0.2, 0) is 14.3 Å². The Morgan fingerprint density at radius 2 is 2.28 bits per heavy atom. The summed E-state index contributed by atoms with van der Waals surface area (Å²) in [6, 6.07) is 2.00. The number of ether oxygens (including phenoxy) is 2. The average molecular weight is 350 g/mol. The molecule has 2 rings (SSSR count). The lowest BCUT2D eigenvalue weighted by Crippen LogP contribution is -2.39. The van der Waals surface area contributed by atoms with Crippen LogP contribution in [0.4, 0.5) is 0 Å². The van der Waals surface area contributed by atoms with Gasteiger partial charge in [0.2, 0.25) is 0 Å². The molecule has 7 heteroatoms. The SMILES string of the molecule is CC(C)CC(C(=O)OCCC1CNCCO1)n1cc(C=O)ccc1=O. The molecule has 7 nitrogen and oxygen atoms in total. The highest BCUT2D eigenvalue weighted by Gasteiger charge is 2.25. The van der Waals surface area contributed by atoms with Crippen LogP contribution in [0.3, 0.4) is 0 Å². The quantitative estimate of drug-likeness (QED) is 0.559. The molecule has 1 fully saturated rings. The molecule has 1 aromatic heterocycles. The zero-order chi connectivity index (χ0) is 18.2. The standard InChI is InChI=1S/C18H26N2O5/c1-13(2)9-16(20-11-14(12-21)3-4-17(20)22)18(23)25-7-5-15-10-19-6-8-24-15/h3-4,11-13,15-16,19H,5-10H2,1-2H3. The third-order valence-corrected chi connectivity index (χ3v) is 4.09. The number of hydrogen-bond acceptors (Lipinski definition) is 6. The van der Waals surface area contributed by atoms with Crippen LogP contribution in [-0.4, -0.2) is 49.2 Å². The van der Waals surface area contributed by atoms with Gasteiger partial charge in [0, 0.05) is 37.3 Å². The van der Waals surface area contributed by atoms with Crippen LogP contribution >= 0.6 is 0 Å². The second-order valence-corrected chi connectivity index (χ2v) is 6.62. The molecule has 1 saturated heterocycles. The number of nitrogens with one attached hydrogen (secondary N) is 1. The monoisotopic (exact) mass is 350 g/mol. The van der Waals surface area contributed by atoms with Crippen LogP contribution in [0.5, 0.6) is 0 Å². The van der Waals surface area contributed by atoms with Crippen molar-refractivity contribution in [2.75, 3.05) is 26.3 Å². The van der Waals surface area contributed by atoms with Crippen LogP contribution in [0.1, 0.15) is 43.1 Å². The third kappa shape index (κ3) is 5.79. The van der Waals surface area contributed by atoms with Gasteiger partial charge in [-0.15, -0.1) is 0 Å². The van der Waals surface area contributed by atoms with E-state index >= 15 is 0 Å². The molecule has 2 unspecified atom stereocenters. The van der Waals surface area contributed by atoms with E-state index in [1.807, 2.05) is 13.8 Å². The lowest BCUT2D eigenvalue weighted by Gasteiger charge is -2.24. The Bertz CT molecular complexity index is 635. The van der Waals surface area contributed by atoms with Gasteiger partial charge in [0.25, 0.3) is 5.56 Å². The summed E-state index contributed by atoms with van der Waals surface area (Å²) in [4.78, 5) is 35.7. The van der Waals surface area contributed by atoms with E-state index in [1.54, 1.807) is 0 Å². The van der Waals surface area contributed by atoms with E-state index in [0.717, 1.165) is 13.1 Å². The number of morpholine rings is 1. The summed E-state index contributed by atoms with van der Waals surface area (Å²) < 4.78 is 12.3. The van der Waals surface area contributed by atoms with Crippen molar-refractivity contribution < 1.29 is 19.1 Å². The summed E-state index contributed by atoms with van der Waals surface area (Å²) in [5.74, 6) is -0.266. The van der Waals surface area contributed by atoms with E-state index in [0.29, 0.717) is 31.3 Å². The van der Waals surface area contributed by atoms with Crippen molar-refractivity contribution in [1.82, 2.24) is 9.88 Å². The molecule has 1 N–H and O–H groups in total. The molecular weight excluding hydrogens is 324 g/mol. The predicted molar refractivity (Wildman–Crippen MR) is 92.8 cm³/mol. The van der Waals surface area contributed by atoms with E-state index in [4.69, 9.17) is 9.47 Å². The van der Waals surface area contributed by atoms with Crippen LogP contribution in [0.25, 0.3) is 0 Å². The zero-order valence-corrected chi connectivity index (χ0v) is 14.8. The van der Waals surface area contributed by atoms with Crippen LogP contribution < -0.4 is 10.9 Å². The maximum absolute atomic E-state index is 12.5. The number of carbonyl (C=O) groups excluding carboxylic acids is 2. The van der Waals surface area contributed by atoms with Crippen molar-refractivity contribution in [2.24, 2.45) is 5.92 Å². The van der Waals surface area contributed by atoms with E-state index in [2.05, 4.69) is 5.32 Å². The number of hydrogen-bond donors (Lipinski definition) is 1. The van der Waals surface area contributed by atoms with Gasteiger partial charge in [0.15, 0.2) is 6.29 Å². The topological polar surface area (TPSA) is 86.6 Å². The van der Waals surface area contributed by atoms with Gasteiger partial charge in [0.05, 0.1) is 19.3 Å². The number of aldehydes is 1. The Morgan fingerprint density at radius 3 is 2.92 bits per heavy atom. The molecule has 1 aliphatic heterocycles. The highest BCUT2D eigenvalue weighted by Crippen LogP contribution is 2.18. The van der Waals surface area contributed by atoms with Gasteiger partial charge in [-0.3, -0.25) is 9.59 Å². The Hall–Kier alpha value is -1.99. The fourth-order valence-corrected chi connectivity index (χ4v) is 2.80. The van der Waals surface area contributed by atoms with Crippen LogP contribution in [0, 0.1) is 5.92 Å². The van der Waals surface area contributed by atoms with E-state index in [1.165, 1.54) is 22.9 Å². The lowest BCUT2D eigenvalue weighted by atomic mass is 10.0. The molecule has 25 heavy (non-hydrogen) atoms. The lowest BCUT2D eigenvalue weighted by molar-refractivity contribution is -0.149. The summed E-state index contributed by atoms with van der Waals surface area (Å²) in [5, 5.41) is 3.22. The molecule has 0 bridgehead atoms. The second-order valence-electron chi connectivity index (χ2n) is 6.62. The largest absolute Gasteiger partial charge is 0.464 e. The van der Waals surface area contributed by atoms with E-state index in [-0.39, 0.29) is 24.2 Å². The maximum Gasteiger partial charge on any atom is 0.329 e. The second kappa shape index (κ2) is 9.48. The minimum absolute atomic E-state index is 0.0335. The van der Waals surface area contributed by atoms with Gasteiger partial charge in [-0.1, -0.05) is 13.8 Å². The molecule has 1 aliphatic rings. The van der Waals surface area contributed by atoms with Gasteiger partial charge in [-0.05, 0) is 18.4 Å². The first kappa shape index (κ1) is 19.3. The fraction of sp³-hybridized carbons (Fsp3) is 0.611. The van der Waals surface area contributed by atoms with E-state index < -0.39 is 12.0 Å². The molecule has 2 atom stereocenters. The molecule has 0 saturated carbocycles. The molecule has 0 amide bonds. The van der Waals surface area contributed by atoms with Crippen LogP contribution in [0.15, 0.2) is 23.1 Å². The summed E-state index contributed by atoms with van der Waals surface area (Å²) >= 11 is 0. The van der Waals surface area contributed by atoms with Crippen molar-refractivity contribution in [1.29, 1.82) is 0 Å². The molecule has 0 aliphatic carbocycles. The van der Waals surface area contributed by atoms with Gasteiger partial charge >= 0.3 is 5.97 Å². The summed E-state index contributed by atoms with van der Waals surface area (Å²) in [6.07, 6.45) is 3.17. The smallest absolute Gasteiger partial charge is 0.329 e. The highest BCUT2D eigenvalue weighted by molar-refractivity contribution is 5.76. The third-order valence-electron chi connectivity index (χ3n) is 4.09. The Kier molecular flexibility index (Phi) is 7.33. The first-order valence-electron chi connectivity index (χ1n) is 8.67. The first-order valence-corrected chi connectivity index (χ1v) is 8.67. The molecule has 138 valence electrons. The molecule has 0 aromatic carbocycles. The van der Waals surface area contributed by atoms with Crippen molar-refractivity contribution in [3.05, 3.63) is 34.2 Å². The number of aromatic nitrogens is 1. The average Bonchev–Trinajstić information content (AvgIpc) is 2.61. The predicted octanol–water partition coefficient (Wildman–Crippen LogP) is 1.17. The summed E-state index contributed by atoms with van der Waals surface area (Å²) in [7, 11) is 0. The number of rotatable bonds is 8. The Labute approximate surface area is 147 Å². The van der Waals surface area contributed by atoms with Crippen LogP contribution in [0.2, 0.25) is 0 Å². The summed E-state index contributed by atoms with van der Waals surface area (Å²) in [5.41, 5.74) is 0.0239. The Morgan fingerprint density at radius 1 is 1.48 bits per heavy atom. The zero-order valence-electron chi connectivity index (χ0n) is 14.8. The number of nitrogens with zero attached hydrogens (tertiary/aromatic N) is 1. The highest BCUT2D eigenvalue weighted by atomic mass is 16.5. The number of pyridine rings is 1. The molecule has 0 spiro atoms. The number of carbonyl (C=O) groups is 2. The van der Waals surface area contributed by atoms with Gasteiger partial charge < -0.3 is 19.4 Å². The van der Waals surface area contributed by atoms with Crippen molar-refractivity contribution in [2.45, 2.75) is 38.8 Å². The normalized spacial score (nSPS) is 18.8. The van der Waals surface area contributed by atoms with Gasteiger partial charge in [-0.2, -0.15) is 0 Å². The first-order chi connectivity index (χ1) is 12.0. The Balaban J connectivity index is 2.04. The maximum atomic E-state index is 12.5.